The average Bonchev–Trinajstić information content (AvgIpc) is 2.84. The first-order valence-electron chi connectivity index (χ1n) is 10.3. The summed E-state index contributed by atoms with van der Waals surface area (Å²) in [6.45, 7) is 1.79. The molecule has 3 aromatic rings. The lowest BCUT2D eigenvalue weighted by molar-refractivity contribution is 0.101. The van der Waals surface area contributed by atoms with Gasteiger partial charge in [-0.05, 0) is 36.8 Å². The van der Waals surface area contributed by atoms with E-state index in [0.29, 0.717) is 28.4 Å². The molecule has 0 unspecified atom stereocenters. The number of ether oxygens (including phenoxy) is 2. The molecule has 3 N–H and O–H groups in total. The molecule has 0 radical (unpaired) electrons. The number of aryl methyl sites for hydroxylation is 1. The Bertz CT molecular complexity index is 1370. The Labute approximate surface area is 202 Å². The molecular weight excluding hydrogens is 474 g/mol. The molecule has 35 heavy (non-hydrogen) atoms. The maximum atomic E-state index is 12.9. The van der Waals surface area contributed by atoms with E-state index >= 15 is 0 Å². The molecule has 184 valence electrons. The van der Waals surface area contributed by atoms with E-state index in [-0.39, 0.29) is 11.4 Å². The first-order chi connectivity index (χ1) is 16.5. The van der Waals surface area contributed by atoms with Crippen LogP contribution in [0.5, 0.6) is 11.5 Å². The highest BCUT2D eigenvalue weighted by Gasteiger charge is 2.19. The number of carbonyl (C=O) groups excluding carboxylic acids is 2. The number of amides is 2. The molecule has 2 amide bonds. The SMILES string of the molecule is CNc1nc(S(C)(=O)=O)ncc1C(=O)Nc1cc(NC(=O)c2cc(OC)cc(OC)c2)ccc1C. The predicted molar refractivity (Wildman–Crippen MR) is 131 cm³/mol. The van der Waals surface area contributed by atoms with E-state index in [9.17, 15) is 18.0 Å². The Kier molecular flexibility index (Phi) is 7.55. The van der Waals surface area contributed by atoms with Crippen molar-refractivity contribution in [3.63, 3.8) is 0 Å². The molecule has 2 aromatic carbocycles. The highest BCUT2D eigenvalue weighted by Crippen LogP contribution is 2.25. The first-order valence-corrected chi connectivity index (χ1v) is 12.2. The smallest absolute Gasteiger partial charge is 0.261 e. The van der Waals surface area contributed by atoms with Gasteiger partial charge >= 0.3 is 0 Å². The molecule has 0 saturated heterocycles. The number of hydrogen-bond donors (Lipinski definition) is 3. The fourth-order valence-electron chi connectivity index (χ4n) is 3.07. The maximum absolute atomic E-state index is 12.9. The van der Waals surface area contributed by atoms with Crippen LogP contribution in [0.4, 0.5) is 17.2 Å². The fraction of sp³-hybridized carbons (Fsp3) is 0.217. The van der Waals surface area contributed by atoms with E-state index in [2.05, 4.69) is 25.9 Å². The van der Waals surface area contributed by atoms with Gasteiger partial charge in [0.2, 0.25) is 15.0 Å². The minimum absolute atomic E-state index is 0.0530. The lowest BCUT2D eigenvalue weighted by atomic mass is 10.1. The van der Waals surface area contributed by atoms with Crippen molar-refractivity contribution >= 4 is 38.8 Å². The molecule has 11 nitrogen and oxygen atoms in total. The number of methoxy groups -OCH3 is 2. The van der Waals surface area contributed by atoms with Crippen LogP contribution in [0.1, 0.15) is 26.3 Å². The quantitative estimate of drug-likeness (QED) is 0.398. The minimum atomic E-state index is -3.64. The molecule has 0 bridgehead atoms. The zero-order valence-electron chi connectivity index (χ0n) is 19.8. The first kappa shape index (κ1) is 25.4. The summed E-state index contributed by atoms with van der Waals surface area (Å²) in [5, 5.41) is 7.85. The molecule has 1 aromatic heterocycles. The number of nitrogens with zero attached hydrogens (tertiary/aromatic N) is 2. The monoisotopic (exact) mass is 499 g/mol. The molecule has 0 aliphatic carbocycles. The van der Waals surface area contributed by atoms with Crippen LogP contribution in [0, 0.1) is 6.92 Å². The van der Waals surface area contributed by atoms with E-state index in [1.54, 1.807) is 43.3 Å². The van der Waals surface area contributed by atoms with Gasteiger partial charge in [0, 0.05) is 42.5 Å². The molecule has 0 aliphatic heterocycles. The Morgan fingerprint density at radius 2 is 1.60 bits per heavy atom. The van der Waals surface area contributed by atoms with Gasteiger partial charge in [-0.1, -0.05) is 6.07 Å². The van der Waals surface area contributed by atoms with Crippen molar-refractivity contribution < 1.29 is 27.5 Å². The van der Waals surface area contributed by atoms with Gasteiger partial charge in [-0.25, -0.2) is 18.4 Å². The third-order valence-electron chi connectivity index (χ3n) is 4.94. The summed E-state index contributed by atoms with van der Waals surface area (Å²) in [6, 6.07) is 9.85. The van der Waals surface area contributed by atoms with Crippen molar-refractivity contribution in [3.05, 3.63) is 59.3 Å². The van der Waals surface area contributed by atoms with Gasteiger partial charge in [0.25, 0.3) is 11.8 Å². The molecule has 0 saturated carbocycles. The summed E-state index contributed by atoms with van der Waals surface area (Å²) < 4.78 is 33.8. The molecule has 0 aliphatic rings. The lowest BCUT2D eigenvalue weighted by Gasteiger charge is -2.14. The molecule has 3 rings (SSSR count). The Balaban J connectivity index is 1.84. The highest BCUT2D eigenvalue weighted by molar-refractivity contribution is 7.90. The molecule has 0 spiro atoms. The van der Waals surface area contributed by atoms with E-state index in [1.807, 2.05) is 0 Å². The van der Waals surface area contributed by atoms with Crippen LogP contribution in [0.15, 0.2) is 47.8 Å². The summed E-state index contributed by atoms with van der Waals surface area (Å²) in [7, 11) is 0.853. The summed E-state index contributed by atoms with van der Waals surface area (Å²) in [6.07, 6.45) is 2.12. The van der Waals surface area contributed by atoms with Crippen LogP contribution in [0.2, 0.25) is 0 Å². The van der Waals surface area contributed by atoms with Crippen LogP contribution in [0.3, 0.4) is 0 Å². The Morgan fingerprint density at radius 1 is 0.943 bits per heavy atom. The van der Waals surface area contributed by atoms with E-state index in [1.165, 1.54) is 21.3 Å². The van der Waals surface area contributed by atoms with Gasteiger partial charge in [-0.3, -0.25) is 9.59 Å². The van der Waals surface area contributed by atoms with Crippen LogP contribution in [-0.2, 0) is 9.84 Å². The van der Waals surface area contributed by atoms with Gasteiger partial charge < -0.3 is 25.4 Å². The molecule has 1 heterocycles. The largest absolute Gasteiger partial charge is 0.497 e. The number of aromatic nitrogens is 2. The van der Waals surface area contributed by atoms with Crippen molar-refractivity contribution in [1.29, 1.82) is 0 Å². The normalized spacial score (nSPS) is 10.9. The highest BCUT2D eigenvalue weighted by atomic mass is 32.2. The number of rotatable bonds is 8. The van der Waals surface area contributed by atoms with Crippen LogP contribution in [-0.4, -0.2) is 57.7 Å². The summed E-state index contributed by atoms with van der Waals surface area (Å²) in [4.78, 5) is 33.4. The second kappa shape index (κ2) is 10.4. The third-order valence-corrected chi connectivity index (χ3v) is 5.80. The van der Waals surface area contributed by atoms with E-state index in [4.69, 9.17) is 9.47 Å². The zero-order valence-corrected chi connectivity index (χ0v) is 20.6. The molecule has 0 fully saturated rings. The maximum Gasteiger partial charge on any atom is 0.261 e. The van der Waals surface area contributed by atoms with E-state index in [0.717, 1.165) is 18.0 Å². The Hall–Kier alpha value is -4.19. The van der Waals surface area contributed by atoms with Crippen molar-refractivity contribution in [2.24, 2.45) is 0 Å². The number of hydrogen-bond acceptors (Lipinski definition) is 9. The topological polar surface area (TPSA) is 149 Å². The standard InChI is InChI=1S/C23H25N5O6S/c1-13-6-7-15(26-21(29)14-8-16(33-3)11-17(9-14)34-4)10-19(13)27-22(30)18-12-25-23(35(5,31)32)28-20(18)24-2/h6-12H,1-5H3,(H,26,29)(H,27,30)(H,24,25,28). The van der Waals surface area contributed by atoms with Gasteiger partial charge in [0.05, 0.1) is 14.2 Å². The van der Waals surface area contributed by atoms with Crippen LogP contribution < -0.4 is 25.4 Å². The molecule has 12 heteroatoms. The van der Waals surface area contributed by atoms with Crippen LogP contribution in [0.25, 0.3) is 0 Å². The number of sulfone groups is 1. The van der Waals surface area contributed by atoms with Gasteiger partial charge in [-0.2, -0.15) is 0 Å². The number of anilines is 3. The van der Waals surface area contributed by atoms with Crippen molar-refractivity contribution in [2.45, 2.75) is 12.1 Å². The predicted octanol–water partition coefficient (Wildman–Crippen LogP) is 2.75. The van der Waals surface area contributed by atoms with Gasteiger partial charge in [-0.15, -0.1) is 0 Å². The zero-order chi connectivity index (χ0) is 25.8. The summed E-state index contributed by atoms with van der Waals surface area (Å²) >= 11 is 0. The van der Waals surface area contributed by atoms with Gasteiger partial charge in [0.1, 0.15) is 22.9 Å². The second-order valence-corrected chi connectivity index (χ2v) is 9.39. The minimum Gasteiger partial charge on any atom is -0.497 e. The fourth-order valence-corrected chi connectivity index (χ4v) is 3.57. The molecular formula is C23H25N5O6S. The number of carbonyl (C=O) groups is 2. The van der Waals surface area contributed by atoms with Crippen molar-refractivity contribution in [2.75, 3.05) is 43.5 Å². The molecule has 0 atom stereocenters. The second-order valence-electron chi connectivity index (χ2n) is 7.48. The van der Waals surface area contributed by atoms with Crippen molar-refractivity contribution in [1.82, 2.24) is 9.97 Å². The average molecular weight is 500 g/mol. The van der Waals surface area contributed by atoms with Crippen molar-refractivity contribution in [3.8, 4) is 11.5 Å². The Morgan fingerprint density at radius 3 is 2.17 bits per heavy atom. The van der Waals surface area contributed by atoms with E-state index < -0.39 is 26.8 Å². The summed E-state index contributed by atoms with van der Waals surface area (Å²) in [5.74, 6) is 0.0442. The van der Waals surface area contributed by atoms with Gasteiger partial charge in [0.15, 0.2) is 0 Å². The number of benzene rings is 2. The van der Waals surface area contributed by atoms with Crippen LogP contribution >= 0.6 is 0 Å². The number of nitrogens with one attached hydrogen (secondary N) is 3. The lowest BCUT2D eigenvalue weighted by Crippen LogP contribution is -2.18. The summed E-state index contributed by atoms with van der Waals surface area (Å²) in [5.41, 5.74) is 1.99. The third kappa shape index (κ3) is 6.03.